The van der Waals surface area contributed by atoms with Crippen LogP contribution in [-0.4, -0.2) is 16.0 Å². The first-order valence-corrected chi connectivity index (χ1v) is 5.18. The minimum atomic E-state index is 0.361. The van der Waals surface area contributed by atoms with Gasteiger partial charge in [-0.05, 0) is 19.3 Å². The Hall–Kier alpha value is -0.110. The molecule has 11 heavy (non-hydrogen) atoms. The molecule has 1 aliphatic rings. The lowest BCUT2D eigenvalue weighted by atomic mass is 9.88. The summed E-state index contributed by atoms with van der Waals surface area (Å²) < 4.78 is 0.361. The van der Waals surface area contributed by atoms with Crippen molar-refractivity contribution >= 4 is 22.6 Å². The van der Waals surface area contributed by atoms with Gasteiger partial charge >= 0.3 is 0 Å². The maximum atomic E-state index is 4.36. The third-order valence-corrected chi connectivity index (χ3v) is 4.51. The Morgan fingerprint density at radius 1 is 1.64 bits per heavy atom. The molecular weight excluding hydrogens is 154 g/mol. The van der Waals surface area contributed by atoms with E-state index in [1.54, 1.807) is 0 Å². The van der Waals surface area contributed by atoms with Crippen LogP contribution in [0.25, 0.3) is 0 Å². The van der Waals surface area contributed by atoms with Gasteiger partial charge in [-0.25, -0.2) is 0 Å². The standard InChI is InChI=1S/C9H17NS/c1-5-9(7(2)3)8(4)10-6-11-9/h6-7,11H,5H2,1-4H3. The van der Waals surface area contributed by atoms with Crippen LogP contribution in [0.5, 0.6) is 0 Å². The number of hydrogen-bond acceptors (Lipinski definition) is 1. The SMILES string of the molecule is CCC1(C(C)C)[SH]=CN=C1C. The quantitative estimate of drug-likeness (QED) is 0.484. The van der Waals surface area contributed by atoms with Crippen molar-refractivity contribution in [1.29, 1.82) is 0 Å². The molecule has 0 aromatic carbocycles. The summed E-state index contributed by atoms with van der Waals surface area (Å²) in [6.45, 7) is 8.98. The van der Waals surface area contributed by atoms with Gasteiger partial charge in [-0.15, -0.1) is 0 Å². The zero-order valence-electron chi connectivity index (χ0n) is 7.76. The molecule has 1 unspecified atom stereocenters. The number of thiol groups is 1. The van der Waals surface area contributed by atoms with Gasteiger partial charge in [0.2, 0.25) is 0 Å². The van der Waals surface area contributed by atoms with E-state index in [2.05, 4.69) is 32.7 Å². The van der Waals surface area contributed by atoms with Crippen molar-refractivity contribution in [2.75, 3.05) is 0 Å². The van der Waals surface area contributed by atoms with E-state index in [-0.39, 0.29) is 0 Å². The molecule has 0 aromatic rings. The smallest absolute Gasteiger partial charge is 0.0495 e. The second-order valence-corrected chi connectivity index (χ2v) is 4.68. The second kappa shape index (κ2) is 3.10. The average Bonchev–Trinajstić information content (AvgIpc) is 2.32. The summed E-state index contributed by atoms with van der Waals surface area (Å²) in [6.07, 6.45) is 1.21. The molecule has 1 heterocycles. The molecule has 1 atom stereocenters. The molecule has 2 heteroatoms. The maximum absolute atomic E-state index is 4.36. The zero-order chi connectivity index (χ0) is 8.48. The molecule has 1 nitrogen and oxygen atoms in total. The van der Waals surface area contributed by atoms with E-state index >= 15 is 0 Å². The van der Waals surface area contributed by atoms with Crippen LogP contribution in [0, 0.1) is 5.92 Å². The van der Waals surface area contributed by atoms with Gasteiger partial charge in [-0.2, -0.15) is 11.4 Å². The van der Waals surface area contributed by atoms with Crippen LogP contribution in [0.3, 0.4) is 0 Å². The fourth-order valence-electron chi connectivity index (χ4n) is 1.75. The summed E-state index contributed by atoms with van der Waals surface area (Å²) >= 11 is 1.39. The number of aliphatic imine (C=N–C) groups is 1. The molecule has 0 aliphatic carbocycles. The molecule has 0 N–H and O–H groups in total. The average molecular weight is 171 g/mol. The van der Waals surface area contributed by atoms with E-state index in [0.717, 1.165) is 0 Å². The highest BCUT2D eigenvalue weighted by atomic mass is 32.1. The van der Waals surface area contributed by atoms with Crippen molar-refractivity contribution in [3.63, 3.8) is 0 Å². The fraction of sp³-hybridized carbons (Fsp3) is 0.778. The second-order valence-electron chi connectivity index (χ2n) is 3.39. The summed E-state index contributed by atoms with van der Waals surface area (Å²) in [5.41, 5.74) is 3.36. The highest BCUT2D eigenvalue weighted by Crippen LogP contribution is 2.35. The number of rotatable bonds is 2. The Labute approximate surface area is 72.9 Å². The van der Waals surface area contributed by atoms with Crippen LogP contribution >= 0.6 is 11.4 Å². The lowest BCUT2D eigenvalue weighted by Crippen LogP contribution is -2.35. The van der Waals surface area contributed by atoms with E-state index in [0.29, 0.717) is 10.7 Å². The van der Waals surface area contributed by atoms with Gasteiger partial charge < -0.3 is 0 Å². The van der Waals surface area contributed by atoms with Crippen molar-refractivity contribution in [3.8, 4) is 0 Å². The van der Waals surface area contributed by atoms with Crippen molar-refractivity contribution in [3.05, 3.63) is 0 Å². The first kappa shape index (κ1) is 8.98. The minimum Gasteiger partial charge on any atom is -0.259 e. The van der Waals surface area contributed by atoms with Gasteiger partial charge in [-0.3, -0.25) is 4.99 Å². The Bertz CT molecular complexity index is 206. The van der Waals surface area contributed by atoms with E-state index in [4.69, 9.17) is 0 Å². The van der Waals surface area contributed by atoms with Gasteiger partial charge in [0, 0.05) is 16.0 Å². The van der Waals surface area contributed by atoms with Crippen LogP contribution in [0.2, 0.25) is 0 Å². The molecule has 0 saturated heterocycles. The van der Waals surface area contributed by atoms with Gasteiger partial charge in [0.25, 0.3) is 0 Å². The Morgan fingerprint density at radius 3 is 2.45 bits per heavy atom. The van der Waals surface area contributed by atoms with E-state index in [1.807, 2.05) is 5.49 Å². The van der Waals surface area contributed by atoms with Crippen LogP contribution in [0.1, 0.15) is 34.1 Å². The monoisotopic (exact) mass is 171 g/mol. The third kappa shape index (κ3) is 1.28. The van der Waals surface area contributed by atoms with Gasteiger partial charge in [-0.1, -0.05) is 20.8 Å². The molecule has 0 amide bonds. The largest absolute Gasteiger partial charge is 0.259 e. The predicted octanol–water partition coefficient (Wildman–Crippen LogP) is 2.49. The molecule has 0 spiro atoms. The summed E-state index contributed by atoms with van der Waals surface area (Å²) in [5.74, 6) is 0.705. The molecule has 0 aromatic heterocycles. The summed E-state index contributed by atoms with van der Waals surface area (Å²) in [4.78, 5) is 4.36. The molecule has 1 aliphatic heterocycles. The van der Waals surface area contributed by atoms with Crippen molar-refractivity contribution < 1.29 is 0 Å². The van der Waals surface area contributed by atoms with Gasteiger partial charge in [0.15, 0.2) is 0 Å². The minimum absolute atomic E-state index is 0.361. The van der Waals surface area contributed by atoms with Crippen molar-refractivity contribution in [1.82, 2.24) is 0 Å². The Kier molecular flexibility index (Phi) is 2.53. The van der Waals surface area contributed by atoms with Crippen LogP contribution in [0.15, 0.2) is 4.99 Å². The van der Waals surface area contributed by atoms with E-state index in [9.17, 15) is 0 Å². The van der Waals surface area contributed by atoms with Crippen LogP contribution < -0.4 is 0 Å². The van der Waals surface area contributed by atoms with Crippen LogP contribution in [0.4, 0.5) is 0 Å². The van der Waals surface area contributed by atoms with E-state index in [1.165, 1.54) is 23.5 Å². The topological polar surface area (TPSA) is 12.4 Å². The Balaban J connectivity index is 2.94. The van der Waals surface area contributed by atoms with Crippen LogP contribution in [-0.2, 0) is 0 Å². The van der Waals surface area contributed by atoms with Gasteiger partial charge in [0.05, 0.1) is 0 Å². The highest BCUT2D eigenvalue weighted by molar-refractivity contribution is 8.00. The van der Waals surface area contributed by atoms with Crippen molar-refractivity contribution in [2.24, 2.45) is 10.9 Å². The predicted molar refractivity (Wildman–Crippen MR) is 56.0 cm³/mol. The fourth-order valence-corrected chi connectivity index (χ4v) is 2.91. The summed E-state index contributed by atoms with van der Waals surface area (Å²) in [6, 6.07) is 0. The first-order valence-electron chi connectivity index (χ1n) is 4.22. The molecule has 0 radical (unpaired) electrons. The van der Waals surface area contributed by atoms with E-state index < -0.39 is 0 Å². The molecule has 1 rings (SSSR count). The maximum Gasteiger partial charge on any atom is 0.0495 e. The van der Waals surface area contributed by atoms with Gasteiger partial charge in [0.1, 0.15) is 0 Å². The normalized spacial score (nSPS) is 30.5. The zero-order valence-corrected chi connectivity index (χ0v) is 8.65. The molecule has 64 valence electrons. The lowest BCUT2D eigenvalue weighted by molar-refractivity contribution is 0.526. The summed E-state index contributed by atoms with van der Waals surface area (Å²) in [7, 11) is 0. The molecule has 0 fully saturated rings. The molecule has 0 saturated carbocycles. The Morgan fingerprint density at radius 2 is 2.27 bits per heavy atom. The molecule has 0 bridgehead atoms. The summed E-state index contributed by atoms with van der Waals surface area (Å²) in [5, 5.41) is 0. The third-order valence-electron chi connectivity index (χ3n) is 2.66. The van der Waals surface area contributed by atoms with Crippen molar-refractivity contribution in [2.45, 2.75) is 38.9 Å². The number of nitrogens with zero attached hydrogens (tertiary/aromatic N) is 1. The molecular formula is C9H17NS. The number of hydrogen-bond donors (Lipinski definition) is 1. The highest BCUT2D eigenvalue weighted by Gasteiger charge is 2.34. The lowest BCUT2D eigenvalue weighted by Gasteiger charge is -2.30. The first-order chi connectivity index (χ1) is 5.13.